The standard InChI is InChI=1S/C45H48N10O5/c1-29-35(25-47-42-41(29)46-12-21-59-42)31-4-5-32-24-48-44(50-37(32)22-31)49-33-6-2-30(3-7-33)26-52-15-19-55(20-16-52)40(57)27-53-13-17-54(18-14-53)34-8-9-36-38(23-34)60-28-45(36)11-10-39(56)51-43(45)58/h2-9,22-25,46H,10-21,26-28H2,1H3,(H,48,49,50)(H,51,56,58). The Morgan fingerprint density at radius 3 is 2.52 bits per heavy atom. The first-order chi connectivity index (χ1) is 29.3. The number of ether oxygens (including phenoxy) is 2. The lowest BCUT2D eigenvalue weighted by Crippen LogP contribution is -2.53. The van der Waals surface area contributed by atoms with E-state index >= 15 is 0 Å². The number of carbonyl (C=O) groups is 3. The summed E-state index contributed by atoms with van der Waals surface area (Å²) in [5.74, 6) is 1.59. The lowest BCUT2D eigenvalue weighted by molar-refractivity contribution is -0.138. The van der Waals surface area contributed by atoms with Crippen molar-refractivity contribution in [1.82, 2.24) is 35.0 Å². The number of nitrogens with one attached hydrogen (secondary N) is 3. The first-order valence-corrected chi connectivity index (χ1v) is 20.9. The van der Waals surface area contributed by atoms with Gasteiger partial charge < -0.3 is 29.9 Å². The van der Waals surface area contributed by atoms with Crippen LogP contribution in [0, 0.1) is 6.92 Å². The summed E-state index contributed by atoms with van der Waals surface area (Å²) >= 11 is 0. The minimum atomic E-state index is -0.782. The van der Waals surface area contributed by atoms with Crippen molar-refractivity contribution in [3.63, 3.8) is 0 Å². The van der Waals surface area contributed by atoms with Gasteiger partial charge in [0.05, 0.1) is 12.1 Å². The predicted octanol–water partition coefficient (Wildman–Crippen LogP) is 4.08. The van der Waals surface area contributed by atoms with Gasteiger partial charge in [-0.3, -0.25) is 29.5 Å². The van der Waals surface area contributed by atoms with Crippen LogP contribution in [0.4, 0.5) is 23.0 Å². The maximum atomic E-state index is 13.4. The maximum Gasteiger partial charge on any atom is 0.240 e. The number of fused-ring (bicyclic) bond motifs is 4. The molecule has 15 heteroatoms. The third-order valence-electron chi connectivity index (χ3n) is 12.7. The van der Waals surface area contributed by atoms with E-state index < -0.39 is 5.41 Å². The quantitative estimate of drug-likeness (QED) is 0.193. The second-order valence-electron chi connectivity index (χ2n) is 16.4. The molecular weight excluding hydrogens is 761 g/mol. The lowest BCUT2D eigenvalue weighted by atomic mass is 9.75. The lowest BCUT2D eigenvalue weighted by Gasteiger charge is -2.38. The van der Waals surface area contributed by atoms with E-state index in [2.05, 4.69) is 83.9 Å². The number of piperidine rings is 1. The van der Waals surface area contributed by atoms with Crippen molar-refractivity contribution >= 4 is 51.6 Å². The van der Waals surface area contributed by atoms with Gasteiger partial charge in [0.1, 0.15) is 30.1 Å². The molecule has 0 saturated carbocycles. The van der Waals surface area contributed by atoms with Crippen LogP contribution in [0.1, 0.15) is 29.5 Å². The molecule has 2 aromatic heterocycles. The van der Waals surface area contributed by atoms with Gasteiger partial charge in [-0.2, -0.15) is 0 Å². The van der Waals surface area contributed by atoms with Crippen LogP contribution in [0.3, 0.4) is 0 Å². The van der Waals surface area contributed by atoms with Crippen molar-refractivity contribution in [1.29, 1.82) is 0 Å². The Morgan fingerprint density at radius 2 is 1.70 bits per heavy atom. The van der Waals surface area contributed by atoms with Crippen molar-refractivity contribution in [2.45, 2.75) is 31.7 Å². The minimum Gasteiger partial charge on any atom is -0.492 e. The fourth-order valence-corrected chi connectivity index (χ4v) is 9.10. The normalized spacial score (nSPS) is 20.6. The molecule has 308 valence electrons. The third kappa shape index (κ3) is 7.32. The van der Waals surface area contributed by atoms with Crippen molar-refractivity contribution in [2.24, 2.45) is 0 Å². The average Bonchev–Trinajstić information content (AvgIpc) is 3.65. The summed E-state index contributed by atoms with van der Waals surface area (Å²) < 4.78 is 11.7. The highest BCUT2D eigenvalue weighted by molar-refractivity contribution is 6.04. The molecule has 1 atom stereocenters. The zero-order valence-corrected chi connectivity index (χ0v) is 33.7. The summed E-state index contributed by atoms with van der Waals surface area (Å²) in [7, 11) is 0. The molecule has 60 heavy (non-hydrogen) atoms. The maximum absolute atomic E-state index is 13.4. The molecule has 0 aliphatic carbocycles. The topological polar surface area (TPSA) is 157 Å². The Hall–Kier alpha value is -6.32. The van der Waals surface area contributed by atoms with E-state index in [1.807, 2.05) is 41.6 Å². The molecule has 3 saturated heterocycles. The second-order valence-corrected chi connectivity index (χ2v) is 16.4. The smallest absolute Gasteiger partial charge is 0.240 e. The molecule has 10 rings (SSSR count). The monoisotopic (exact) mass is 808 g/mol. The Balaban J connectivity index is 0.683. The number of pyridine rings is 1. The molecule has 0 radical (unpaired) electrons. The molecule has 7 heterocycles. The summed E-state index contributed by atoms with van der Waals surface area (Å²) in [5.41, 5.74) is 8.21. The number of amides is 3. The first-order valence-electron chi connectivity index (χ1n) is 20.9. The van der Waals surface area contributed by atoms with Crippen LogP contribution in [0.25, 0.3) is 22.0 Å². The van der Waals surface area contributed by atoms with Gasteiger partial charge in [-0.15, -0.1) is 0 Å². The Kier molecular flexibility index (Phi) is 9.92. The molecule has 5 aliphatic rings. The fourth-order valence-electron chi connectivity index (χ4n) is 9.10. The minimum absolute atomic E-state index is 0.184. The Morgan fingerprint density at radius 1 is 0.883 bits per heavy atom. The predicted molar refractivity (Wildman–Crippen MR) is 228 cm³/mol. The summed E-state index contributed by atoms with van der Waals surface area (Å²) in [6.45, 7) is 11.2. The summed E-state index contributed by atoms with van der Waals surface area (Å²) in [6, 6.07) is 20.6. The largest absolute Gasteiger partial charge is 0.492 e. The number of hydrogen-bond acceptors (Lipinski definition) is 13. The zero-order valence-electron chi connectivity index (χ0n) is 33.7. The number of imide groups is 1. The van der Waals surface area contributed by atoms with Gasteiger partial charge >= 0.3 is 0 Å². The van der Waals surface area contributed by atoms with E-state index in [1.165, 1.54) is 5.56 Å². The van der Waals surface area contributed by atoms with Gasteiger partial charge in [-0.25, -0.2) is 15.0 Å². The van der Waals surface area contributed by atoms with Gasteiger partial charge in [0.25, 0.3) is 0 Å². The van der Waals surface area contributed by atoms with Crippen molar-refractivity contribution in [2.75, 3.05) is 94.2 Å². The van der Waals surface area contributed by atoms with Crippen LogP contribution < -0.4 is 30.3 Å². The number of piperazine rings is 2. The van der Waals surface area contributed by atoms with Gasteiger partial charge in [0.2, 0.25) is 29.5 Å². The summed E-state index contributed by atoms with van der Waals surface area (Å²) in [6.07, 6.45) is 4.49. The molecule has 5 aromatic rings. The Bertz CT molecular complexity index is 2480. The van der Waals surface area contributed by atoms with Crippen molar-refractivity contribution < 1.29 is 23.9 Å². The number of rotatable bonds is 8. The highest BCUT2D eigenvalue weighted by Gasteiger charge is 2.50. The van der Waals surface area contributed by atoms with Gasteiger partial charge in [-0.1, -0.05) is 30.3 Å². The van der Waals surface area contributed by atoms with Gasteiger partial charge in [0, 0.05) is 118 Å². The first kappa shape index (κ1) is 37.9. The van der Waals surface area contributed by atoms with Crippen LogP contribution in [0.2, 0.25) is 0 Å². The van der Waals surface area contributed by atoms with E-state index in [4.69, 9.17) is 14.5 Å². The third-order valence-corrected chi connectivity index (χ3v) is 12.7. The summed E-state index contributed by atoms with van der Waals surface area (Å²) in [5, 5.41) is 10.2. The number of aromatic nitrogens is 3. The highest BCUT2D eigenvalue weighted by atomic mass is 16.5. The van der Waals surface area contributed by atoms with Gasteiger partial charge in [0.15, 0.2) is 0 Å². The SMILES string of the molecule is Cc1c(-c2ccc3cnc(Nc4ccc(CN5CCN(C(=O)CN6CCN(c7ccc8c(c7)OCC87CCC(=O)NC7=O)CC6)CC5)cc4)nc3c2)cnc2c1NCCO2. The average molecular weight is 809 g/mol. The van der Waals surface area contributed by atoms with Crippen LogP contribution in [-0.2, 0) is 26.3 Å². The molecule has 3 fully saturated rings. The zero-order chi connectivity index (χ0) is 40.8. The molecule has 3 N–H and O–H groups in total. The van der Waals surface area contributed by atoms with E-state index in [-0.39, 0.29) is 24.3 Å². The number of carbonyl (C=O) groups excluding carboxylic acids is 3. The van der Waals surface area contributed by atoms with E-state index in [0.29, 0.717) is 37.8 Å². The second kappa shape index (κ2) is 15.7. The number of hydrogen-bond donors (Lipinski definition) is 3. The number of benzene rings is 3. The molecular formula is C45H48N10O5. The van der Waals surface area contributed by atoms with Crippen LogP contribution in [0.5, 0.6) is 11.6 Å². The number of anilines is 4. The van der Waals surface area contributed by atoms with E-state index in [9.17, 15) is 14.4 Å². The molecule has 0 bridgehead atoms. The fraction of sp³-hybridized carbons (Fsp3) is 0.378. The molecule has 3 aromatic carbocycles. The van der Waals surface area contributed by atoms with Crippen LogP contribution in [0.15, 0.2) is 73.1 Å². The highest BCUT2D eigenvalue weighted by Crippen LogP contribution is 2.45. The molecule has 15 nitrogen and oxygen atoms in total. The molecule has 1 spiro atoms. The Labute approximate surface area is 348 Å². The van der Waals surface area contributed by atoms with Gasteiger partial charge in [-0.05, 0) is 54.3 Å². The van der Waals surface area contributed by atoms with Crippen molar-refractivity contribution in [3.05, 3.63) is 89.7 Å². The molecule has 1 unspecified atom stereocenters. The number of nitrogens with zero attached hydrogens (tertiary/aromatic N) is 7. The molecule has 3 amide bonds. The molecule has 5 aliphatic heterocycles. The summed E-state index contributed by atoms with van der Waals surface area (Å²) in [4.78, 5) is 60.8. The van der Waals surface area contributed by atoms with E-state index in [1.54, 1.807) is 0 Å². The van der Waals surface area contributed by atoms with Crippen LogP contribution in [-0.4, -0.2) is 126 Å². The van der Waals surface area contributed by atoms with Crippen LogP contribution >= 0.6 is 0 Å². The van der Waals surface area contributed by atoms with Crippen molar-refractivity contribution in [3.8, 4) is 22.8 Å². The van der Waals surface area contributed by atoms with E-state index in [0.717, 1.165) is 121 Å².